The maximum Gasteiger partial charge on any atom is 0.263 e. The van der Waals surface area contributed by atoms with Crippen molar-refractivity contribution in [2.24, 2.45) is 0 Å². The molecule has 2 heterocycles. The first-order valence-corrected chi connectivity index (χ1v) is 4.99. The van der Waals surface area contributed by atoms with E-state index in [9.17, 15) is 4.79 Å². The third-order valence-corrected chi connectivity index (χ3v) is 2.24. The van der Waals surface area contributed by atoms with Gasteiger partial charge in [0.05, 0.1) is 6.33 Å². The molecule has 2 rings (SSSR count). The lowest BCUT2D eigenvalue weighted by Gasteiger charge is -2.00. The van der Waals surface area contributed by atoms with Crippen LogP contribution in [0.3, 0.4) is 0 Å². The molecule has 0 aromatic carbocycles. The Bertz CT molecular complexity index is 537. The van der Waals surface area contributed by atoms with Crippen LogP contribution >= 0.6 is 11.8 Å². The van der Waals surface area contributed by atoms with Gasteiger partial charge < -0.3 is 10.7 Å². The van der Waals surface area contributed by atoms with Crippen molar-refractivity contribution in [1.29, 1.82) is 0 Å². The number of aromatic amines is 1. The number of nitrogens with one attached hydrogen (secondary N) is 1. The van der Waals surface area contributed by atoms with E-state index < -0.39 is 0 Å². The molecular weight excluding hydrogens is 202 g/mol. The zero-order chi connectivity index (χ0) is 10.1. The monoisotopic (exact) mass is 209 g/mol. The number of hydrogen-bond donors (Lipinski definition) is 2. The Hall–Kier alpha value is -1.63. The topological polar surface area (TPSA) is 97.5 Å². The van der Waals surface area contributed by atoms with Crippen LogP contribution in [-0.4, -0.2) is 26.2 Å². The van der Waals surface area contributed by atoms with Crippen molar-refractivity contribution in [3.05, 3.63) is 16.7 Å². The molecule has 2 aromatic rings. The molecular formula is C7H7N5OS. The zero-order valence-electron chi connectivity index (χ0n) is 7.31. The highest BCUT2D eigenvalue weighted by Crippen LogP contribution is 2.15. The van der Waals surface area contributed by atoms with Gasteiger partial charge in [-0.25, -0.2) is 15.0 Å². The largest absolute Gasteiger partial charge is 0.383 e. The number of anilines is 1. The lowest BCUT2D eigenvalue weighted by molar-refractivity contribution is 0.986. The standard InChI is InChI=1S/C7H7N5OS/c1-14-7-11-4(8)3-5(12-7)9-2-10-6(3)13/h2H,1H3,(H3,8,9,10,11,12,13). The molecule has 7 heteroatoms. The third kappa shape index (κ3) is 1.31. The van der Waals surface area contributed by atoms with E-state index in [2.05, 4.69) is 19.9 Å². The molecule has 3 N–H and O–H groups in total. The molecule has 0 saturated heterocycles. The quantitative estimate of drug-likeness (QED) is 0.507. The third-order valence-electron chi connectivity index (χ3n) is 1.69. The highest BCUT2D eigenvalue weighted by molar-refractivity contribution is 7.98. The zero-order valence-corrected chi connectivity index (χ0v) is 8.13. The number of fused-ring (bicyclic) bond motifs is 1. The molecule has 0 radical (unpaired) electrons. The molecule has 0 unspecified atom stereocenters. The summed E-state index contributed by atoms with van der Waals surface area (Å²) in [7, 11) is 0. The molecule has 0 aliphatic heterocycles. The molecule has 0 saturated carbocycles. The second-order valence-electron chi connectivity index (χ2n) is 2.53. The fourth-order valence-corrected chi connectivity index (χ4v) is 1.44. The SMILES string of the molecule is CSc1nc(N)c2c(=O)[nH]cnc2n1. The van der Waals surface area contributed by atoms with Crippen LogP contribution in [-0.2, 0) is 0 Å². The van der Waals surface area contributed by atoms with Gasteiger partial charge in [0.15, 0.2) is 10.8 Å². The maximum atomic E-state index is 11.3. The Morgan fingerprint density at radius 1 is 1.50 bits per heavy atom. The van der Waals surface area contributed by atoms with Crippen LogP contribution in [0, 0.1) is 0 Å². The smallest absolute Gasteiger partial charge is 0.263 e. The van der Waals surface area contributed by atoms with E-state index in [1.807, 2.05) is 6.26 Å². The lowest BCUT2D eigenvalue weighted by Crippen LogP contribution is -2.11. The van der Waals surface area contributed by atoms with Gasteiger partial charge in [-0.1, -0.05) is 11.8 Å². The number of thioether (sulfide) groups is 1. The Morgan fingerprint density at radius 3 is 3.00 bits per heavy atom. The first kappa shape index (κ1) is 8.95. The first-order valence-electron chi connectivity index (χ1n) is 3.77. The molecule has 0 bridgehead atoms. The van der Waals surface area contributed by atoms with E-state index in [0.717, 1.165) is 0 Å². The summed E-state index contributed by atoms with van der Waals surface area (Å²) in [6.45, 7) is 0. The van der Waals surface area contributed by atoms with Crippen molar-refractivity contribution >= 4 is 28.6 Å². The van der Waals surface area contributed by atoms with Crippen molar-refractivity contribution in [2.75, 3.05) is 12.0 Å². The van der Waals surface area contributed by atoms with Crippen LogP contribution in [0.1, 0.15) is 0 Å². The van der Waals surface area contributed by atoms with Crippen molar-refractivity contribution < 1.29 is 0 Å². The van der Waals surface area contributed by atoms with Gasteiger partial charge in [-0.05, 0) is 6.26 Å². The summed E-state index contributed by atoms with van der Waals surface area (Å²) in [6.07, 6.45) is 3.12. The number of nitrogens with two attached hydrogens (primary N) is 1. The predicted octanol–water partition coefficient (Wildman–Crippen LogP) is 0.0172. The van der Waals surface area contributed by atoms with Gasteiger partial charge >= 0.3 is 0 Å². The number of H-pyrrole nitrogens is 1. The average molecular weight is 209 g/mol. The lowest BCUT2D eigenvalue weighted by atomic mass is 10.4. The summed E-state index contributed by atoms with van der Waals surface area (Å²) < 4.78 is 0. The average Bonchev–Trinajstić information content (AvgIpc) is 2.17. The molecule has 0 amide bonds. The highest BCUT2D eigenvalue weighted by atomic mass is 32.2. The molecule has 0 atom stereocenters. The van der Waals surface area contributed by atoms with Gasteiger partial charge in [0.2, 0.25) is 0 Å². The fourth-order valence-electron chi connectivity index (χ4n) is 1.07. The molecule has 0 aliphatic carbocycles. The van der Waals surface area contributed by atoms with Crippen LogP contribution < -0.4 is 11.3 Å². The number of nitrogens with zero attached hydrogens (tertiary/aromatic N) is 3. The molecule has 72 valence electrons. The van der Waals surface area contributed by atoms with Gasteiger partial charge in [-0.2, -0.15) is 0 Å². The van der Waals surface area contributed by atoms with Crippen LogP contribution in [0.2, 0.25) is 0 Å². The molecule has 0 spiro atoms. The number of aromatic nitrogens is 4. The Labute approximate surface area is 83.0 Å². The van der Waals surface area contributed by atoms with Gasteiger partial charge in [-0.15, -0.1) is 0 Å². The Morgan fingerprint density at radius 2 is 2.29 bits per heavy atom. The normalized spacial score (nSPS) is 10.6. The maximum absolute atomic E-state index is 11.3. The molecule has 2 aromatic heterocycles. The van der Waals surface area contributed by atoms with Gasteiger partial charge in [0, 0.05) is 0 Å². The summed E-state index contributed by atoms with van der Waals surface area (Å²) >= 11 is 1.35. The summed E-state index contributed by atoms with van der Waals surface area (Å²) in [5.41, 5.74) is 5.61. The van der Waals surface area contributed by atoms with Gasteiger partial charge in [-0.3, -0.25) is 4.79 Å². The van der Waals surface area contributed by atoms with Crippen molar-refractivity contribution in [3.8, 4) is 0 Å². The van der Waals surface area contributed by atoms with E-state index >= 15 is 0 Å². The summed E-state index contributed by atoms with van der Waals surface area (Å²) in [4.78, 5) is 25.7. The Balaban J connectivity index is 2.90. The fraction of sp³-hybridized carbons (Fsp3) is 0.143. The molecule has 6 nitrogen and oxygen atoms in total. The van der Waals surface area contributed by atoms with Crippen LogP contribution in [0.5, 0.6) is 0 Å². The predicted molar refractivity (Wildman–Crippen MR) is 54.1 cm³/mol. The summed E-state index contributed by atoms with van der Waals surface area (Å²) in [5.74, 6) is 0.161. The number of rotatable bonds is 1. The van der Waals surface area contributed by atoms with Gasteiger partial charge in [0.25, 0.3) is 5.56 Å². The number of nitrogen functional groups attached to an aromatic ring is 1. The van der Waals surface area contributed by atoms with E-state index in [1.54, 1.807) is 0 Å². The van der Waals surface area contributed by atoms with Crippen molar-refractivity contribution in [3.63, 3.8) is 0 Å². The second-order valence-corrected chi connectivity index (χ2v) is 3.30. The highest BCUT2D eigenvalue weighted by Gasteiger charge is 2.08. The molecule has 14 heavy (non-hydrogen) atoms. The minimum Gasteiger partial charge on any atom is -0.383 e. The summed E-state index contributed by atoms with van der Waals surface area (Å²) in [6, 6.07) is 0. The van der Waals surface area contributed by atoms with E-state index in [-0.39, 0.29) is 16.8 Å². The van der Waals surface area contributed by atoms with Gasteiger partial charge in [0.1, 0.15) is 11.2 Å². The van der Waals surface area contributed by atoms with E-state index in [0.29, 0.717) is 10.8 Å². The van der Waals surface area contributed by atoms with E-state index in [1.165, 1.54) is 18.1 Å². The Kier molecular flexibility index (Phi) is 2.08. The summed E-state index contributed by atoms with van der Waals surface area (Å²) in [5, 5.41) is 0.749. The van der Waals surface area contributed by atoms with Crippen molar-refractivity contribution in [2.45, 2.75) is 5.16 Å². The molecule has 0 fully saturated rings. The van der Waals surface area contributed by atoms with Crippen LogP contribution in [0.15, 0.2) is 16.3 Å². The van der Waals surface area contributed by atoms with E-state index in [4.69, 9.17) is 5.73 Å². The van der Waals surface area contributed by atoms with Crippen molar-refractivity contribution in [1.82, 2.24) is 19.9 Å². The number of hydrogen-bond acceptors (Lipinski definition) is 6. The minimum atomic E-state index is -0.319. The molecule has 0 aliphatic rings. The first-order chi connectivity index (χ1) is 6.72. The van der Waals surface area contributed by atoms with Crippen LogP contribution in [0.25, 0.3) is 11.0 Å². The second kappa shape index (κ2) is 3.26. The van der Waals surface area contributed by atoms with Crippen LogP contribution in [0.4, 0.5) is 5.82 Å². The minimum absolute atomic E-state index is 0.161.